The summed E-state index contributed by atoms with van der Waals surface area (Å²) in [6.45, 7) is 9.33. The number of nitrogens with two attached hydrogens (primary N) is 1. The predicted octanol–water partition coefficient (Wildman–Crippen LogP) is 5.81. The summed E-state index contributed by atoms with van der Waals surface area (Å²) < 4.78 is 10.8. The molecule has 0 saturated heterocycles. The van der Waals surface area contributed by atoms with E-state index >= 15 is 0 Å². The summed E-state index contributed by atoms with van der Waals surface area (Å²) in [7, 11) is 0. The number of carboxylic acid groups (broad SMARTS) is 1. The topological polar surface area (TPSA) is 145 Å². The lowest BCUT2D eigenvalue weighted by Gasteiger charge is -2.29. The van der Waals surface area contributed by atoms with Crippen LogP contribution >= 0.6 is 0 Å². The number of ether oxygens (including phenoxy) is 2. The number of carbonyl (C=O) groups is 4. The number of esters is 1. The Bertz CT molecular complexity index is 1370. The first kappa shape index (κ1) is 27.9. The van der Waals surface area contributed by atoms with Crippen LogP contribution in [0.1, 0.15) is 76.1 Å². The van der Waals surface area contributed by atoms with Crippen molar-refractivity contribution in [1.82, 2.24) is 0 Å². The number of carboxylic acids is 1. The van der Waals surface area contributed by atoms with Crippen molar-refractivity contribution >= 4 is 35.0 Å². The van der Waals surface area contributed by atoms with Crippen LogP contribution in [0.3, 0.4) is 0 Å². The molecule has 198 valence electrons. The van der Waals surface area contributed by atoms with E-state index in [1.165, 1.54) is 13.8 Å². The smallest absolute Gasteiger partial charge is 0.339 e. The molecule has 1 heterocycles. The van der Waals surface area contributed by atoms with E-state index in [-0.39, 0.29) is 16.7 Å². The number of anilines is 2. The van der Waals surface area contributed by atoms with E-state index in [4.69, 9.17) is 15.2 Å². The molecule has 4 N–H and O–H groups in total. The summed E-state index contributed by atoms with van der Waals surface area (Å²) in [5, 5.41) is 12.2. The number of nitrogens with one attached hydrogen (secondary N) is 1. The summed E-state index contributed by atoms with van der Waals surface area (Å²) in [6, 6.07) is 15.3. The molecule has 0 aromatic heterocycles. The average Bonchev–Trinajstić information content (AvgIpc) is 2.84. The van der Waals surface area contributed by atoms with Crippen molar-refractivity contribution in [3.8, 4) is 11.5 Å². The van der Waals surface area contributed by atoms with Gasteiger partial charge in [0.2, 0.25) is 5.78 Å². The lowest BCUT2D eigenvalue weighted by Crippen LogP contribution is -2.42. The first-order valence-corrected chi connectivity index (χ1v) is 11.9. The number of fused-ring (bicyclic) bond motifs is 1. The number of amides is 1. The molecule has 0 aliphatic carbocycles. The van der Waals surface area contributed by atoms with Crippen LogP contribution in [-0.4, -0.2) is 34.3 Å². The monoisotopic (exact) mass is 518 g/mol. The van der Waals surface area contributed by atoms with Gasteiger partial charge >= 0.3 is 11.9 Å². The minimum Gasteiger partial charge on any atom is -0.478 e. The number of aromatic carboxylic acids is 1. The minimum absolute atomic E-state index is 0.0978. The van der Waals surface area contributed by atoms with Gasteiger partial charge in [-0.25, -0.2) is 9.59 Å². The standard InChI is InChI=1S/C25H20N2O7.C4H10/c1-25(2)21(28)17-11-19(23(30)31)18(12-20(17)24(32)34-25)22(29)27-14-5-9-16(10-6-14)33-15-7-3-13(26)4-8-15;1-4(2)3/h3-12H,26H2,1-2H3,(H,27,29)(H,30,31);4H,1-3H3. The Morgan fingerprint density at radius 3 is 1.92 bits per heavy atom. The minimum atomic E-state index is -1.43. The van der Waals surface area contributed by atoms with E-state index in [2.05, 4.69) is 26.1 Å². The van der Waals surface area contributed by atoms with Gasteiger partial charge in [-0.2, -0.15) is 0 Å². The van der Waals surface area contributed by atoms with Gasteiger partial charge in [0.15, 0.2) is 5.60 Å². The largest absolute Gasteiger partial charge is 0.478 e. The molecule has 38 heavy (non-hydrogen) atoms. The van der Waals surface area contributed by atoms with Gasteiger partial charge < -0.3 is 25.6 Å². The number of nitrogen functional groups attached to an aromatic ring is 1. The summed E-state index contributed by atoms with van der Waals surface area (Å²) in [6.07, 6.45) is 0. The molecule has 3 aromatic carbocycles. The summed E-state index contributed by atoms with van der Waals surface area (Å²) in [5.41, 5.74) is 4.25. The summed E-state index contributed by atoms with van der Waals surface area (Å²) in [5.74, 6) is -1.62. The lowest BCUT2D eigenvalue weighted by molar-refractivity contribution is -0.000455. The van der Waals surface area contributed by atoms with Gasteiger partial charge in [-0.1, -0.05) is 20.8 Å². The van der Waals surface area contributed by atoms with Gasteiger partial charge in [-0.3, -0.25) is 9.59 Å². The zero-order valence-corrected chi connectivity index (χ0v) is 21.8. The first-order valence-electron chi connectivity index (χ1n) is 11.9. The quantitative estimate of drug-likeness (QED) is 0.284. The van der Waals surface area contributed by atoms with E-state index in [1.54, 1.807) is 48.5 Å². The second-order valence-corrected chi connectivity index (χ2v) is 9.86. The van der Waals surface area contributed by atoms with Crippen LogP contribution in [0.2, 0.25) is 0 Å². The number of carbonyl (C=O) groups excluding carboxylic acids is 3. The molecule has 0 fully saturated rings. The van der Waals surface area contributed by atoms with E-state index in [1.807, 2.05) is 0 Å². The molecular weight excluding hydrogens is 488 g/mol. The Kier molecular flexibility index (Phi) is 8.20. The fourth-order valence-corrected chi connectivity index (χ4v) is 3.46. The Balaban J connectivity index is 0.000000934. The van der Waals surface area contributed by atoms with Gasteiger partial charge in [-0.05, 0) is 80.4 Å². The molecule has 0 saturated carbocycles. The summed E-state index contributed by atoms with van der Waals surface area (Å²) in [4.78, 5) is 49.7. The van der Waals surface area contributed by atoms with E-state index < -0.39 is 34.8 Å². The van der Waals surface area contributed by atoms with E-state index in [0.29, 0.717) is 22.9 Å². The van der Waals surface area contributed by atoms with Crippen LogP contribution < -0.4 is 15.8 Å². The van der Waals surface area contributed by atoms with Crippen molar-refractivity contribution in [2.75, 3.05) is 11.1 Å². The third kappa shape index (κ3) is 6.56. The van der Waals surface area contributed by atoms with Crippen LogP contribution in [0, 0.1) is 5.92 Å². The Morgan fingerprint density at radius 1 is 0.895 bits per heavy atom. The van der Waals surface area contributed by atoms with Crippen molar-refractivity contribution in [3.63, 3.8) is 0 Å². The fraction of sp³-hybridized carbons (Fsp3) is 0.241. The SMILES string of the molecule is CC(C)C.CC1(C)OC(=O)c2cc(C(=O)Nc3ccc(Oc4ccc(N)cc4)cc3)c(C(=O)O)cc2C1=O. The average molecular weight is 519 g/mol. The number of cyclic esters (lactones) is 1. The van der Waals surface area contributed by atoms with Gasteiger partial charge in [0.05, 0.1) is 16.7 Å². The highest BCUT2D eigenvalue weighted by atomic mass is 16.6. The Hall–Kier alpha value is -4.66. The molecule has 0 atom stereocenters. The summed E-state index contributed by atoms with van der Waals surface area (Å²) >= 11 is 0. The molecule has 1 aliphatic rings. The van der Waals surface area contributed by atoms with Crippen LogP contribution in [-0.2, 0) is 4.74 Å². The van der Waals surface area contributed by atoms with Crippen molar-refractivity contribution < 1.29 is 33.8 Å². The molecule has 4 rings (SSSR count). The molecule has 9 nitrogen and oxygen atoms in total. The van der Waals surface area contributed by atoms with Gasteiger partial charge in [0.25, 0.3) is 5.91 Å². The second kappa shape index (κ2) is 11.2. The van der Waals surface area contributed by atoms with E-state index in [0.717, 1.165) is 18.1 Å². The molecule has 1 aliphatic heterocycles. The number of ketones is 1. The lowest BCUT2D eigenvalue weighted by atomic mass is 9.87. The normalized spacial score (nSPS) is 13.5. The van der Waals surface area contributed by atoms with E-state index in [9.17, 15) is 24.3 Å². The molecule has 0 bridgehead atoms. The number of Topliss-reactive ketones (excluding diaryl/α,β-unsaturated/α-hetero) is 1. The van der Waals surface area contributed by atoms with Crippen LogP contribution in [0.25, 0.3) is 0 Å². The maximum absolute atomic E-state index is 12.9. The fourth-order valence-electron chi connectivity index (χ4n) is 3.46. The number of hydrogen-bond donors (Lipinski definition) is 3. The maximum Gasteiger partial charge on any atom is 0.339 e. The molecule has 0 radical (unpaired) electrons. The Morgan fingerprint density at radius 2 is 1.39 bits per heavy atom. The molecule has 0 spiro atoms. The highest BCUT2D eigenvalue weighted by molar-refractivity contribution is 6.18. The van der Waals surface area contributed by atoms with Gasteiger partial charge in [0, 0.05) is 16.9 Å². The van der Waals surface area contributed by atoms with Crippen LogP contribution in [0.5, 0.6) is 11.5 Å². The Labute approximate surface area is 220 Å². The third-order valence-corrected chi connectivity index (χ3v) is 5.22. The number of rotatable bonds is 5. The zero-order valence-electron chi connectivity index (χ0n) is 21.8. The van der Waals surface area contributed by atoms with Crippen molar-refractivity contribution in [2.45, 2.75) is 40.2 Å². The maximum atomic E-state index is 12.9. The van der Waals surface area contributed by atoms with Crippen molar-refractivity contribution in [2.24, 2.45) is 5.92 Å². The van der Waals surface area contributed by atoms with Gasteiger partial charge in [-0.15, -0.1) is 0 Å². The molecule has 3 aromatic rings. The molecule has 1 amide bonds. The van der Waals surface area contributed by atoms with Gasteiger partial charge in [0.1, 0.15) is 11.5 Å². The van der Waals surface area contributed by atoms with Crippen molar-refractivity contribution in [1.29, 1.82) is 0 Å². The highest BCUT2D eigenvalue weighted by Gasteiger charge is 2.41. The second-order valence-electron chi connectivity index (χ2n) is 9.86. The number of benzene rings is 3. The van der Waals surface area contributed by atoms with Crippen molar-refractivity contribution in [3.05, 3.63) is 82.9 Å². The number of hydrogen-bond acceptors (Lipinski definition) is 7. The van der Waals surface area contributed by atoms with Crippen LogP contribution in [0.15, 0.2) is 60.7 Å². The predicted molar refractivity (Wildman–Crippen MR) is 143 cm³/mol. The zero-order chi connectivity index (χ0) is 28.2. The molecule has 9 heteroatoms. The highest BCUT2D eigenvalue weighted by Crippen LogP contribution is 2.31. The first-order chi connectivity index (χ1) is 17.8. The third-order valence-electron chi connectivity index (χ3n) is 5.22. The van der Waals surface area contributed by atoms with Crippen LogP contribution in [0.4, 0.5) is 11.4 Å². The molecular formula is C29H30N2O7. The molecule has 0 unspecified atom stereocenters.